The molecule has 1 amide bonds. The summed E-state index contributed by atoms with van der Waals surface area (Å²) in [6.45, 7) is 0.869. The van der Waals surface area contributed by atoms with Crippen LogP contribution >= 0.6 is 0 Å². The van der Waals surface area contributed by atoms with Crippen LogP contribution in [0.15, 0.2) is 18.2 Å². The van der Waals surface area contributed by atoms with Gasteiger partial charge in [0.1, 0.15) is 11.6 Å². The average Bonchev–Trinajstić information content (AvgIpc) is 2.34. The molecule has 0 aliphatic rings. The number of hydrogen-bond acceptors (Lipinski definition) is 3. The van der Waals surface area contributed by atoms with Crippen molar-refractivity contribution >= 4 is 5.91 Å². The minimum atomic E-state index is -0.330. The van der Waals surface area contributed by atoms with Gasteiger partial charge in [-0.3, -0.25) is 4.79 Å². The number of carbonyl (C=O) groups excluding carboxylic acids is 1. The summed E-state index contributed by atoms with van der Waals surface area (Å²) in [5.41, 5.74) is 5.96. The van der Waals surface area contributed by atoms with E-state index in [9.17, 15) is 9.18 Å². The lowest BCUT2D eigenvalue weighted by molar-refractivity contribution is -0.121. The van der Waals surface area contributed by atoms with Gasteiger partial charge < -0.3 is 15.8 Å². The van der Waals surface area contributed by atoms with Crippen LogP contribution in [0.1, 0.15) is 12.0 Å². The first kappa shape index (κ1) is 13.4. The number of hydrogen-bond donors (Lipinski definition) is 2. The van der Waals surface area contributed by atoms with Crippen molar-refractivity contribution < 1.29 is 13.9 Å². The normalized spacial score (nSPS) is 10.1. The third-order valence-electron chi connectivity index (χ3n) is 2.33. The van der Waals surface area contributed by atoms with Crippen LogP contribution in [0, 0.1) is 5.82 Å². The van der Waals surface area contributed by atoms with Crippen LogP contribution in [-0.2, 0) is 11.2 Å². The molecule has 0 unspecified atom stereocenters. The average molecular weight is 240 g/mol. The molecule has 0 fully saturated rings. The van der Waals surface area contributed by atoms with Crippen LogP contribution in [0.25, 0.3) is 0 Å². The maximum Gasteiger partial charge on any atom is 0.220 e. The SMILES string of the molecule is COc1ccc(F)cc1CCC(=O)NCCN. The Morgan fingerprint density at radius 3 is 2.94 bits per heavy atom. The Bertz CT molecular complexity index is 383. The first-order valence-corrected chi connectivity index (χ1v) is 5.46. The van der Waals surface area contributed by atoms with Crippen LogP contribution < -0.4 is 15.8 Å². The molecule has 94 valence electrons. The Balaban J connectivity index is 2.56. The van der Waals surface area contributed by atoms with Gasteiger partial charge in [0.05, 0.1) is 7.11 Å². The van der Waals surface area contributed by atoms with E-state index in [2.05, 4.69) is 5.32 Å². The predicted molar refractivity (Wildman–Crippen MR) is 63.3 cm³/mol. The molecule has 17 heavy (non-hydrogen) atoms. The fraction of sp³-hybridized carbons (Fsp3) is 0.417. The molecule has 1 rings (SSSR count). The van der Waals surface area contributed by atoms with Gasteiger partial charge in [0.15, 0.2) is 0 Å². The van der Waals surface area contributed by atoms with Crippen LogP contribution in [0.5, 0.6) is 5.75 Å². The molecule has 0 saturated heterocycles. The molecule has 0 aromatic heterocycles. The smallest absolute Gasteiger partial charge is 0.220 e. The van der Waals surface area contributed by atoms with Gasteiger partial charge in [0, 0.05) is 19.5 Å². The highest BCUT2D eigenvalue weighted by atomic mass is 19.1. The Labute approximate surface area is 100.0 Å². The number of ether oxygens (including phenoxy) is 1. The molecule has 0 aliphatic heterocycles. The molecule has 0 radical (unpaired) electrons. The maximum atomic E-state index is 13.0. The molecule has 0 atom stereocenters. The molecule has 0 saturated carbocycles. The summed E-state index contributed by atoms with van der Waals surface area (Å²) in [6, 6.07) is 4.27. The predicted octanol–water partition coefficient (Wildman–Crippen LogP) is 0.842. The molecule has 4 nitrogen and oxygen atoms in total. The van der Waals surface area contributed by atoms with Gasteiger partial charge in [0.25, 0.3) is 0 Å². The topological polar surface area (TPSA) is 64.3 Å². The molecule has 0 spiro atoms. The molecule has 0 heterocycles. The highest BCUT2D eigenvalue weighted by Gasteiger charge is 2.07. The van der Waals surface area contributed by atoms with Gasteiger partial charge >= 0.3 is 0 Å². The van der Waals surface area contributed by atoms with Crippen molar-refractivity contribution in [2.45, 2.75) is 12.8 Å². The number of rotatable bonds is 6. The van der Waals surface area contributed by atoms with Crippen molar-refractivity contribution in [1.82, 2.24) is 5.32 Å². The van der Waals surface area contributed by atoms with E-state index < -0.39 is 0 Å². The van der Waals surface area contributed by atoms with Crippen LogP contribution in [0.2, 0.25) is 0 Å². The molecule has 5 heteroatoms. The molecular weight excluding hydrogens is 223 g/mol. The summed E-state index contributed by atoms with van der Waals surface area (Å²) < 4.78 is 18.1. The van der Waals surface area contributed by atoms with Gasteiger partial charge in [-0.2, -0.15) is 0 Å². The van der Waals surface area contributed by atoms with E-state index in [4.69, 9.17) is 10.5 Å². The summed E-state index contributed by atoms with van der Waals surface area (Å²) in [4.78, 5) is 11.4. The van der Waals surface area contributed by atoms with E-state index in [1.165, 1.54) is 19.2 Å². The molecule has 1 aromatic carbocycles. The van der Waals surface area contributed by atoms with E-state index in [1.54, 1.807) is 6.07 Å². The van der Waals surface area contributed by atoms with Crippen LogP contribution in [0.3, 0.4) is 0 Å². The lowest BCUT2D eigenvalue weighted by Gasteiger charge is -2.08. The van der Waals surface area contributed by atoms with Gasteiger partial charge in [-0.25, -0.2) is 4.39 Å². The van der Waals surface area contributed by atoms with E-state index >= 15 is 0 Å². The number of benzene rings is 1. The Morgan fingerprint density at radius 1 is 1.53 bits per heavy atom. The van der Waals surface area contributed by atoms with Gasteiger partial charge in [-0.1, -0.05) is 0 Å². The zero-order chi connectivity index (χ0) is 12.7. The minimum Gasteiger partial charge on any atom is -0.496 e. The fourth-order valence-electron chi connectivity index (χ4n) is 1.49. The number of nitrogens with one attached hydrogen (secondary N) is 1. The van der Waals surface area contributed by atoms with Crippen molar-refractivity contribution in [3.8, 4) is 5.75 Å². The van der Waals surface area contributed by atoms with E-state index in [-0.39, 0.29) is 11.7 Å². The van der Waals surface area contributed by atoms with E-state index in [0.717, 1.165) is 0 Å². The van der Waals surface area contributed by atoms with Crippen molar-refractivity contribution in [2.75, 3.05) is 20.2 Å². The van der Waals surface area contributed by atoms with Gasteiger partial charge in [-0.15, -0.1) is 0 Å². The maximum absolute atomic E-state index is 13.0. The number of carbonyl (C=O) groups is 1. The van der Waals surface area contributed by atoms with Crippen molar-refractivity contribution in [3.63, 3.8) is 0 Å². The third-order valence-corrected chi connectivity index (χ3v) is 2.33. The number of aryl methyl sites for hydroxylation is 1. The van der Waals surface area contributed by atoms with Crippen molar-refractivity contribution in [1.29, 1.82) is 0 Å². The highest BCUT2D eigenvalue weighted by molar-refractivity contribution is 5.76. The molecule has 1 aromatic rings. The van der Waals surface area contributed by atoms with Crippen molar-refractivity contribution in [2.24, 2.45) is 5.73 Å². The second kappa shape index (κ2) is 6.85. The number of methoxy groups -OCH3 is 1. The lowest BCUT2D eigenvalue weighted by atomic mass is 10.1. The van der Waals surface area contributed by atoms with Gasteiger partial charge in [-0.05, 0) is 30.2 Å². The molecule has 0 bridgehead atoms. The standard InChI is InChI=1S/C12H17FN2O2/c1-17-11-4-3-10(13)8-9(11)2-5-12(16)15-7-6-14/h3-4,8H,2,5-7,14H2,1H3,(H,15,16). The Hall–Kier alpha value is -1.62. The van der Waals surface area contributed by atoms with Crippen LogP contribution in [-0.4, -0.2) is 26.1 Å². The zero-order valence-electron chi connectivity index (χ0n) is 9.83. The minimum absolute atomic E-state index is 0.0956. The number of nitrogens with two attached hydrogens (primary N) is 1. The summed E-state index contributed by atoms with van der Waals surface area (Å²) in [5.74, 6) is 0.169. The van der Waals surface area contributed by atoms with Crippen LogP contribution in [0.4, 0.5) is 4.39 Å². The second-order valence-corrected chi connectivity index (χ2v) is 3.59. The molecular formula is C12H17FN2O2. The number of halogens is 1. The first-order valence-electron chi connectivity index (χ1n) is 5.46. The summed E-state index contributed by atoms with van der Waals surface area (Å²) >= 11 is 0. The largest absolute Gasteiger partial charge is 0.496 e. The molecule has 0 aliphatic carbocycles. The summed E-state index contributed by atoms with van der Waals surface area (Å²) in [5, 5.41) is 2.66. The first-order chi connectivity index (χ1) is 8.17. The van der Waals surface area contributed by atoms with Gasteiger partial charge in [0.2, 0.25) is 5.91 Å². The second-order valence-electron chi connectivity index (χ2n) is 3.59. The third kappa shape index (κ3) is 4.40. The highest BCUT2D eigenvalue weighted by Crippen LogP contribution is 2.20. The zero-order valence-corrected chi connectivity index (χ0v) is 9.83. The fourth-order valence-corrected chi connectivity index (χ4v) is 1.49. The Kier molecular flexibility index (Phi) is 5.42. The lowest BCUT2D eigenvalue weighted by Crippen LogP contribution is -2.29. The molecule has 3 N–H and O–H groups in total. The summed E-state index contributed by atoms with van der Waals surface area (Å²) in [7, 11) is 1.52. The number of amides is 1. The van der Waals surface area contributed by atoms with E-state index in [1.807, 2.05) is 0 Å². The monoisotopic (exact) mass is 240 g/mol. The van der Waals surface area contributed by atoms with Crippen molar-refractivity contribution in [3.05, 3.63) is 29.6 Å². The summed E-state index contributed by atoms with van der Waals surface area (Å²) in [6.07, 6.45) is 0.733. The quantitative estimate of drug-likeness (QED) is 0.774. The Morgan fingerprint density at radius 2 is 2.29 bits per heavy atom. The van der Waals surface area contributed by atoms with E-state index in [0.29, 0.717) is 37.2 Å².